The van der Waals surface area contributed by atoms with E-state index < -0.39 is 0 Å². The molecule has 4 heterocycles. The number of carbonyl (C=O) groups is 1. The van der Waals surface area contributed by atoms with Crippen LogP contribution in [-0.4, -0.2) is 54.2 Å². The summed E-state index contributed by atoms with van der Waals surface area (Å²) in [5.41, 5.74) is 2.43. The number of halogens is 4. The summed E-state index contributed by atoms with van der Waals surface area (Å²) >= 11 is 5.30. The molecular formula is C32H50I4NO5-. The smallest absolute Gasteiger partial charge is 0.223 e. The Balaban J connectivity index is 0.000000263. The fourth-order valence-corrected chi connectivity index (χ4v) is 6.86. The molecule has 242 valence electrons. The Hall–Kier alpha value is 1.24. The molecule has 0 N–H and O–H groups in total. The van der Waals surface area contributed by atoms with E-state index in [1.807, 2.05) is 13.8 Å². The van der Waals surface area contributed by atoms with Crippen molar-refractivity contribution in [3.63, 3.8) is 0 Å². The topological polar surface area (TPSA) is 58.4 Å². The third-order valence-electron chi connectivity index (χ3n) is 9.35. The predicted molar refractivity (Wildman–Crippen MR) is 192 cm³/mol. The molecule has 0 radical (unpaired) electrons. The van der Waals surface area contributed by atoms with Gasteiger partial charge in [0.25, 0.3) is 0 Å². The molecule has 0 aromatic carbocycles. The number of ether oxygens (including phenoxy) is 4. The van der Waals surface area contributed by atoms with E-state index in [1.165, 1.54) is 24.0 Å². The average Bonchev–Trinajstić information content (AvgIpc) is 3.57. The number of rotatable bonds is 8. The molecule has 0 aromatic heterocycles. The molecule has 0 aromatic rings. The molecule has 6 nitrogen and oxygen atoms in total. The third kappa shape index (κ3) is 10.9. The Labute approximate surface area is 301 Å². The molecule has 4 fully saturated rings. The minimum Gasteiger partial charge on any atom is -0.371 e. The molecule has 2 bridgehead atoms. The van der Waals surface area contributed by atoms with Gasteiger partial charge in [-0.2, -0.15) is 0 Å². The number of hydrogen-bond donors (Lipinski definition) is 0. The van der Waals surface area contributed by atoms with Crippen molar-refractivity contribution in [2.45, 2.75) is 154 Å². The van der Waals surface area contributed by atoms with Crippen molar-refractivity contribution in [2.75, 3.05) is 0 Å². The second kappa shape index (κ2) is 19.2. The molecule has 42 heavy (non-hydrogen) atoms. The van der Waals surface area contributed by atoms with E-state index in [2.05, 4.69) is 75.5 Å². The van der Waals surface area contributed by atoms with E-state index in [1.54, 1.807) is 0 Å². The van der Waals surface area contributed by atoms with Gasteiger partial charge >= 0.3 is 56.5 Å². The second-order valence-electron chi connectivity index (χ2n) is 12.6. The summed E-state index contributed by atoms with van der Waals surface area (Å²) in [5, 5.41) is 0. The largest absolute Gasteiger partial charge is 0.371 e. The average molecular weight is 1040 g/mol. The van der Waals surface area contributed by atoms with Crippen molar-refractivity contribution in [3.05, 3.63) is 35.2 Å². The van der Waals surface area contributed by atoms with Gasteiger partial charge in [-0.3, -0.25) is 4.79 Å². The van der Waals surface area contributed by atoms with Crippen LogP contribution in [0, 0.1) is 18.4 Å². The summed E-state index contributed by atoms with van der Waals surface area (Å²) in [6.45, 7) is 21.8. The van der Waals surface area contributed by atoms with Gasteiger partial charge in [0.05, 0.1) is 36.4 Å². The first-order chi connectivity index (χ1) is 19.5. The molecule has 10 atom stereocenters. The van der Waals surface area contributed by atoms with E-state index in [4.69, 9.17) is 25.5 Å². The Bertz CT molecular complexity index is 958. The van der Waals surface area contributed by atoms with Crippen molar-refractivity contribution in [1.82, 2.24) is 0 Å². The van der Waals surface area contributed by atoms with Crippen molar-refractivity contribution in [3.8, 4) is 0 Å². The van der Waals surface area contributed by atoms with Crippen molar-refractivity contribution in [1.29, 1.82) is 0 Å². The molecule has 3 unspecified atom stereocenters. The number of nitrogens with zero attached hydrogens (tertiary/aromatic N) is 1. The molecule has 1 spiro atoms. The van der Waals surface area contributed by atoms with Gasteiger partial charge in [-0.05, 0) is 57.4 Å². The van der Waals surface area contributed by atoms with Crippen LogP contribution in [0.2, 0.25) is 0 Å². The number of fused-ring (bicyclic) bond motifs is 1. The van der Waals surface area contributed by atoms with Gasteiger partial charge in [-0.15, -0.1) is 24.0 Å². The fourth-order valence-electron chi connectivity index (χ4n) is 6.86. The zero-order valence-corrected chi connectivity index (χ0v) is 34.6. The number of hydrogen-bond acceptors (Lipinski definition) is 5. The maximum absolute atomic E-state index is 11.3. The van der Waals surface area contributed by atoms with Crippen molar-refractivity contribution < 1.29 is 37.0 Å². The summed E-state index contributed by atoms with van der Waals surface area (Å²) in [5.74, 6) is 0.535. The number of carbonyl (C=O) groups excluding carboxylic acids is 1. The van der Waals surface area contributed by atoms with Crippen molar-refractivity contribution >= 4 is 67.2 Å². The van der Waals surface area contributed by atoms with Crippen LogP contribution in [0.4, 0.5) is 0 Å². The molecule has 0 amide bonds. The maximum atomic E-state index is 11.3. The third-order valence-corrected chi connectivity index (χ3v) is 9.35. The molecular weight excluding hydrogens is 986 g/mol. The summed E-state index contributed by atoms with van der Waals surface area (Å²) in [7, 11) is 0. The second-order valence-corrected chi connectivity index (χ2v) is 28.9. The predicted octanol–water partition coefficient (Wildman–Crippen LogP) is 6.37. The van der Waals surface area contributed by atoms with Gasteiger partial charge in [-0.1, -0.05) is 51.8 Å². The number of esters is 1. The van der Waals surface area contributed by atoms with E-state index in [0.717, 1.165) is 57.8 Å². The SMILES string of the molecule is C=C1C[C@H](CCCC)OC1CC[C@@H]1C[C@@H](C)C(=O)O1.I.I[I-]I.[C-]#[N+][C@H](C)C[C@H]1CC[C@@H]2OC3CC2(C=C(C)[C@@H]3C)O1. The van der Waals surface area contributed by atoms with Gasteiger partial charge in [-0.25, -0.2) is 6.57 Å². The van der Waals surface area contributed by atoms with Crippen LogP contribution in [0.25, 0.3) is 4.85 Å². The molecule has 1 aliphatic carbocycles. The van der Waals surface area contributed by atoms with Crippen LogP contribution < -0.4 is 13.3 Å². The zero-order valence-electron chi connectivity index (χ0n) is 25.8. The van der Waals surface area contributed by atoms with E-state index >= 15 is 0 Å². The molecule has 10 heteroatoms. The van der Waals surface area contributed by atoms with E-state index in [0.29, 0.717) is 31.4 Å². The van der Waals surface area contributed by atoms with Crippen LogP contribution in [-0.2, 0) is 23.7 Å². The maximum Gasteiger partial charge on any atom is 0.223 e. The Kier molecular flexibility index (Phi) is 18.0. The Morgan fingerprint density at radius 3 is 2.50 bits per heavy atom. The molecule has 0 saturated carbocycles. The summed E-state index contributed by atoms with van der Waals surface area (Å²) in [6, 6.07) is 0.0589. The number of cyclic esters (lactones) is 1. The summed E-state index contributed by atoms with van der Waals surface area (Å²) in [6.07, 6.45) is 15.0. The molecule has 4 saturated heterocycles. The van der Waals surface area contributed by atoms with Crippen LogP contribution in [0.3, 0.4) is 0 Å². The van der Waals surface area contributed by atoms with Gasteiger partial charge in [0.2, 0.25) is 6.04 Å². The van der Waals surface area contributed by atoms with Gasteiger partial charge in [0, 0.05) is 25.7 Å². The first-order valence-electron chi connectivity index (χ1n) is 15.4. The monoisotopic (exact) mass is 1040 g/mol. The van der Waals surface area contributed by atoms with Crippen LogP contribution in [0.1, 0.15) is 105 Å². The number of unbranched alkanes of at least 4 members (excludes halogenated alkanes) is 1. The minimum absolute atomic E-state index is 0. The summed E-state index contributed by atoms with van der Waals surface area (Å²) < 4.78 is 24.0. The summed E-state index contributed by atoms with van der Waals surface area (Å²) in [4.78, 5) is 14.9. The Morgan fingerprint density at radius 2 is 1.88 bits per heavy atom. The minimum atomic E-state index is -0.189. The molecule has 4 aliphatic heterocycles. The van der Waals surface area contributed by atoms with E-state index in [9.17, 15) is 4.79 Å². The zero-order chi connectivity index (χ0) is 30.2. The normalized spacial score (nSPS) is 37.1. The Morgan fingerprint density at radius 1 is 1.17 bits per heavy atom. The van der Waals surface area contributed by atoms with E-state index in [-0.39, 0.29) is 71.9 Å². The van der Waals surface area contributed by atoms with Gasteiger partial charge in [0.1, 0.15) is 11.7 Å². The van der Waals surface area contributed by atoms with Crippen LogP contribution in [0.5, 0.6) is 0 Å². The first kappa shape index (κ1) is 39.4. The van der Waals surface area contributed by atoms with Crippen molar-refractivity contribution in [2.24, 2.45) is 11.8 Å². The van der Waals surface area contributed by atoms with Gasteiger partial charge in [0.15, 0.2) is 0 Å². The fraction of sp³-hybridized carbons (Fsp3) is 0.812. The molecule has 5 rings (SSSR count). The standard InChI is InChI=1S/C16H23NO2.C16H26O3.I3.HI/c1-10-8-16-9-14(12(10)3)18-15(16)6-5-13(19-16)7-11(2)17-4;1-4-5-6-13-9-11(2)15(18-13)8-7-14-10-12(3)16(17)19-14;1-3-2;/h8,11-15H,5-7,9H2,1-3H3;12-15H,2,4-10H2,1,3H3;;1H/q;;-1;/t11-,12+,13-,14?,15+,16?;12-,13+,14-,15?;;/m11../s1. The van der Waals surface area contributed by atoms with Gasteiger partial charge < -0.3 is 23.8 Å². The quantitative estimate of drug-likeness (QED) is 0.123. The van der Waals surface area contributed by atoms with Crippen LogP contribution in [0.15, 0.2) is 23.8 Å². The molecule has 5 aliphatic rings. The first-order valence-corrected chi connectivity index (χ1v) is 27.9. The van der Waals surface area contributed by atoms with Crippen LogP contribution >= 0.6 is 61.2 Å².